The first-order valence-corrected chi connectivity index (χ1v) is 7.04. The second-order valence-electron chi connectivity index (χ2n) is 3.91. The first-order chi connectivity index (χ1) is 8.10. The maximum absolute atomic E-state index is 12.3. The van der Waals surface area contributed by atoms with Crippen LogP contribution < -0.4 is 0 Å². The number of halogens is 2. The van der Waals surface area contributed by atoms with Crippen molar-refractivity contribution < 1.29 is 4.79 Å². The third kappa shape index (κ3) is 4.00. The molecule has 0 radical (unpaired) electrons. The lowest BCUT2D eigenvalue weighted by Gasteiger charge is -2.21. The fourth-order valence-corrected chi connectivity index (χ4v) is 2.40. The number of nitrogens with zero attached hydrogens (tertiary/aromatic N) is 1. The standard InChI is InChI=1S/C13H17BrClNO/c1-3-16(8-4-7-15)13(17)11-6-5-10(2)9-12(11)14/h5-6,9H,3-4,7-8H2,1-2H3. The molecule has 0 atom stereocenters. The molecule has 0 heterocycles. The van der Waals surface area contributed by atoms with Gasteiger partial charge in [0.1, 0.15) is 0 Å². The van der Waals surface area contributed by atoms with Crippen LogP contribution in [0.3, 0.4) is 0 Å². The molecule has 0 N–H and O–H groups in total. The van der Waals surface area contributed by atoms with Crippen LogP contribution in [0.4, 0.5) is 0 Å². The van der Waals surface area contributed by atoms with Crippen LogP contribution in [0.2, 0.25) is 0 Å². The van der Waals surface area contributed by atoms with Gasteiger partial charge in [-0.3, -0.25) is 4.79 Å². The summed E-state index contributed by atoms with van der Waals surface area (Å²) in [6.07, 6.45) is 0.824. The van der Waals surface area contributed by atoms with E-state index < -0.39 is 0 Å². The van der Waals surface area contributed by atoms with E-state index in [2.05, 4.69) is 15.9 Å². The predicted octanol–water partition coefficient (Wildman–Crippen LogP) is 3.85. The Morgan fingerprint density at radius 3 is 2.71 bits per heavy atom. The summed E-state index contributed by atoms with van der Waals surface area (Å²) < 4.78 is 0.854. The highest BCUT2D eigenvalue weighted by Crippen LogP contribution is 2.20. The Bertz CT molecular complexity index is 395. The van der Waals surface area contributed by atoms with Gasteiger partial charge in [0.2, 0.25) is 0 Å². The number of aryl methyl sites for hydroxylation is 1. The van der Waals surface area contributed by atoms with Crippen LogP contribution in [-0.4, -0.2) is 29.8 Å². The smallest absolute Gasteiger partial charge is 0.254 e. The molecule has 0 bridgehead atoms. The minimum atomic E-state index is 0.0597. The van der Waals surface area contributed by atoms with Crippen molar-refractivity contribution in [3.8, 4) is 0 Å². The van der Waals surface area contributed by atoms with E-state index in [1.807, 2.05) is 36.9 Å². The lowest BCUT2D eigenvalue weighted by Crippen LogP contribution is -2.32. The molecular weight excluding hydrogens is 302 g/mol. The number of hydrogen-bond acceptors (Lipinski definition) is 1. The van der Waals surface area contributed by atoms with Gasteiger partial charge >= 0.3 is 0 Å². The summed E-state index contributed by atoms with van der Waals surface area (Å²) >= 11 is 9.10. The number of carbonyl (C=O) groups excluding carboxylic acids is 1. The number of rotatable bonds is 5. The Hall–Kier alpha value is -0.540. The van der Waals surface area contributed by atoms with Crippen molar-refractivity contribution in [1.82, 2.24) is 4.90 Å². The van der Waals surface area contributed by atoms with Crippen LogP contribution in [0.5, 0.6) is 0 Å². The molecule has 0 saturated carbocycles. The number of hydrogen-bond donors (Lipinski definition) is 0. The van der Waals surface area contributed by atoms with Gasteiger partial charge in [-0.15, -0.1) is 11.6 Å². The zero-order valence-corrected chi connectivity index (χ0v) is 12.5. The average Bonchev–Trinajstić information content (AvgIpc) is 2.29. The highest BCUT2D eigenvalue weighted by atomic mass is 79.9. The van der Waals surface area contributed by atoms with E-state index in [1.165, 1.54) is 0 Å². The molecule has 0 spiro atoms. The van der Waals surface area contributed by atoms with E-state index in [4.69, 9.17) is 11.6 Å². The van der Waals surface area contributed by atoms with E-state index in [-0.39, 0.29) is 5.91 Å². The Balaban J connectivity index is 2.86. The van der Waals surface area contributed by atoms with Crippen molar-refractivity contribution in [3.63, 3.8) is 0 Å². The van der Waals surface area contributed by atoms with Gasteiger partial charge < -0.3 is 4.90 Å². The summed E-state index contributed by atoms with van der Waals surface area (Å²) in [4.78, 5) is 14.1. The van der Waals surface area contributed by atoms with Gasteiger partial charge in [0.15, 0.2) is 0 Å². The number of alkyl halides is 1. The SMILES string of the molecule is CCN(CCCCl)C(=O)c1ccc(C)cc1Br. The van der Waals surface area contributed by atoms with Crippen molar-refractivity contribution in [2.75, 3.05) is 19.0 Å². The predicted molar refractivity (Wildman–Crippen MR) is 75.8 cm³/mol. The second-order valence-corrected chi connectivity index (χ2v) is 5.14. The van der Waals surface area contributed by atoms with E-state index in [0.717, 1.165) is 16.5 Å². The first kappa shape index (κ1) is 14.5. The monoisotopic (exact) mass is 317 g/mol. The molecule has 2 nitrogen and oxygen atoms in total. The topological polar surface area (TPSA) is 20.3 Å². The Morgan fingerprint density at radius 2 is 2.18 bits per heavy atom. The molecule has 94 valence electrons. The van der Waals surface area contributed by atoms with Crippen molar-refractivity contribution in [2.24, 2.45) is 0 Å². The maximum atomic E-state index is 12.3. The molecule has 0 aliphatic rings. The van der Waals surface area contributed by atoms with Crippen molar-refractivity contribution in [2.45, 2.75) is 20.3 Å². The largest absolute Gasteiger partial charge is 0.339 e. The fourth-order valence-electron chi connectivity index (χ4n) is 1.62. The quantitative estimate of drug-likeness (QED) is 0.755. The van der Waals surface area contributed by atoms with Crippen LogP contribution in [0.15, 0.2) is 22.7 Å². The molecule has 0 aliphatic heterocycles. The van der Waals surface area contributed by atoms with Crippen LogP contribution in [0.25, 0.3) is 0 Å². The minimum Gasteiger partial charge on any atom is -0.339 e. The lowest BCUT2D eigenvalue weighted by atomic mass is 10.1. The van der Waals surface area contributed by atoms with Crippen molar-refractivity contribution in [1.29, 1.82) is 0 Å². The van der Waals surface area contributed by atoms with E-state index in [1.54, 1.807) is 0 Å². The van der Waals surface area contributed by atoms with Gasteiger partial charge in [0.05, 0.1) is 5.56 Å². The minimum absolute atomic E-state index is 0.0597. The molecule has 0 unspecified atom stereocenters. The molecular formula is C13H17BrClNO. The third-order valence-corrected chi connectivity index (χ3v) is 3.51. The number of amides is 1. The average molecular weight is 319 g/mol. The van der Waals surface area contributed by atoms with E-state index >= 15 is 0 Å². The molecule has 0 saturated heterocycles. The van der Waals surface area contributed by atoms with Crippen molar-refractivity contribution >= 4 is 33.4 Å². The highest BCUT2D eigenvalue weighted by Gasteiger charge is 2.16. The molecule has 17 heavy (non-hydrogen) atoms. The first-order valence-electron chi connectivity index (χ1n) is 5.71. The summed E-state index contributed by atoms with van der Waals surface area (Å²) in [5.74, 6) is 0.642. The molecule has 0 aromatic heterocycles. The molecule has 1 aromatic rings. The normalized spacial score (nSPS) is 10.4. The third-order valence-electron chi connectivity index (χ3n) is 2.59. The van der Waals surface area contributed by atoms with Gasteiger partial charge in [-0.25, -0.2) is 0 Å². The highest BCUT2D eigenvalue weighted by molar-refractivity contribution is 9.10. The fraction of sp³-hybridized carbons (Fsp3) is 0.462. The molecule has 1 rings (SSSR count). The Labute approximate surface area is 116 Å². The van der Waals surface area contributed by atoms with Gasteiger partial charge in [-0.05, 0) is 53.9 Å². The number of carbonyl (C=O) groups is 1. The summed E-state index contributed by atoms with van der Waals surface area (Å²) in [7, 11) is 0. The Kier molecular flexibility index (Phi) is 6.00. The molecule has 1 aromatic carbocycles. The Morgan fingerprint density at radius 1 is 1.47 bits per heavy atom. The second kappa shape index (κ2) is 7.02. The van der Waals surface area contributed by atoms with Crippen LogP contribution in [-0.2, 0) is 0 Å². The summed E-state index contributed by atoms with van der Waals surface area (Å²) in [5, 5.41) is 0. The molecule has 0 aliphatic carbocycles. The van der Waals surface area contributed by atoms with Gasteiger partial charge in [0, 0.05) is 23.4 Å². The zero-order chi connectivity index (χ0) is 12.8. The van der Waals surface area contributed by atoms with Gasteiger partial charge in [-0.2, -0.15) is 0 Å². The van der Waals surface area contributed by atoms with Crippen molar-refractivity contribution in [3.05, 3.63) is 33.8 Å². The van der Waals surface area contributed by atoms with Crippen LogP contribution in [0, 0.1) is 6.92 Å². The summed E-state index contributed by atoms with van der Waals surface area (Å²) in [6, 6.07) is 5.78. The molecule has 0 fully saturated rings. The molecule has 4 heteroatoms. The van der Waals surface area contributed by atoms with Gasteiger partial charge in [-0.1, -0.05) is 6.07 Å². The maximum Gasteiger partial charge on any atom is 0.254 e. The van der Waals surface area contributed by atoms with Crippen LogP contribution >= 0.6 is 27.5 Å². The van der Waals surface area contributed by atoms with Crippen LogP contribution in [0.1, 0.15) is 29.3 Å². The zero-order valence-electron chi connectivity index (χ0n) is 10.2. The summed E-state index contributed by atoms with van der Waals surface area (Å²) in [5.41, 5.74) is 1.85. The van der Waals surface area contributed by atoms with E-state index in [9.17, 15) is 4.79 Å². The lowest BCUT2D eigenvalue weighted by molar-refractivity contribution is 0.0764. The van der Waals surface area contributed by atoms with Gasteiger partial charge in [0.25, 0.3) is 5.91 Å². The summed E-state index contributed by atoms with van der Waals surface area (Å²) in [6.45, 7) is 5.40. The molecule has 1 amide bonds. The van der Waals surface area contributed by atoms with E-state index in [0.29, 0.717) is 24.5 Å². The number of benzene rings is 1.